The number of amides is 1. The van der Waals surface area contributed by atoms with Crippen molar-refractivity contribution in [2.75, 3.05) is 13.7 Å². The van der Waals surface area contributed by atoms with Gasteiger partial charge in [-0.3, -0.25) is 14.8 Å². The van der Waals surface area contributed by atoms with E-state index in [1.54, 1.807) is 25.7 Å². The van der Waals surface area contributed by atoms with E-state index in [0.29, 0.717) is 19.6 Å². The van der Waals surface area contributed by atoms with Gasteiger partial charge in [0, 0.05) is 25.9 Å². The summed E-state index contributed by atoms with van der Waals surface area (Å²) in [5, 5.41) is 2.71. The van der Waals surface area contributed by atoms with Crippen molar-refractivity contribution in [2.24, 2.45) is 0 Å². The molecular formula is C9H13N3O2. The molecule has 5 heteroatoms. The lowest BCUT2D eigenvalue weighted by atomic mass is 10.4. The molecule has 1 aromatic heterocycles. The Hall–Kier alpha value is -1.49. The Morgan fingerprint density at radius 3 is 3.07 bits per heavy atom. The van der Waals surface area contributed by atoms with Crippen LogP contribution in [0.15, 0.2) is 18.6 Å². The first-order chi connectivity index (χ1) is 6.83. The average molecular weight is 195 g/mol. The normalized spacial score (nSPS) is 9.79. The van der Waals surface area contributed by atoms with Crippen molar-refractivity contribution in [1.82, 2.24) is 15.3 Å². The highest BCUT2D eigenvalue weighted by Crippen LogP contribution is 1.89. The quantitative estimate of drug-likeness (QED) is 0.725. The second kappa shape index (κ2) is 6.04. The first kappa shape index (κ1) is 10.6. The molecular weight excluding hydrogens is 182 g/mol. The lowest BCUT2D eigenvalue weighted by Gasteiger charge is -2.03. The average Bonchev–Trinajstić information content (AvgIpc) is 2.25. The lowest BCUT2D eigenvalue weighted by molar-refractivity contribution is -0.122. The third-order valence-corrected chi connectivity index (χ3v) is 1.62. The fourth-order valence-electron chi connectivity index (χ4n) is 0.894. The number of nitrogens with zero attached hydrogens (tertiary/aromatic N) is 2. The Bertz CT molecular complexity index is 277. The molecule has 1 amide bonds. The molecule has 1 aromatic rings. The van der Waals surface area contributed by atoms with Gasteiger partial charge in [0.1, 0.15) is 0 Å². The number of rotatable bonds is 5. The summed E-state index contributed by atoms with van der Waals surface area (Å²) < 4.78 is 4.78. The molecule has 0 fully saturated rings. The maximum atomic E-state index is 11.1. The van der Waals surface area contributed by atoms with E-state index in [2.05, 4.69) is 15.3 Å². The van der Waals surface area contributed by atoms with Gasteiger partial charge in [-0.15, -0.1) is 0 Å². The minimum Gasteiger partial charge on any atom is -0.384 e. The van der Waals surface area contributed by atoms with E-state index in [4.69, 9.17) is 4.74 Å². The van der Waals surface area contributed by atoms with Crippen molar-refractivity contribution >= 4 is 5.91 Å². The molecule has 0 spiro atoms. The van der Waals surface area contributed by atoms with E-state index in [0.717, 1.165) is 5.69 Å². The summed E-state index contributed by atoms with van der Waals surface area (Å²) in [4.78, 5) is 19.0. The largest absolute Gasteiger partial charge is 0.384 e. The SMILES string of the molecule is COCCC(=O)NCc1cnccn1. The van der Waals surface area contributed by atoms with Gasteiger partial charge in [-0.25, -0.2) is 0 Å². The Labute approximate surface area is 82.5 Å². The summed E-state index contributed by atoms with van der Waals surface area (Å²) in [7, 11) is 1.57. The molecule has 1 rings (SSSR count). The van der Waals surface area contributed by atoms with Crippen LogP contribution in [0.4, 0.5) is 0 Å². The van der Waals surface area contributed by atoms with E-state index in [1.165, 1.54) is 0 Å². The molecule has 76 valence electrons. The number of methoxy groups -OCH3 is 1. The third-order valence-electron chi connectivity index (χ3n) is 1.62. The zero-order valence-electron chi connectivity index (χ0n) is 8.06. The van der Waals surface area contributed by atoms with Gasteiger partial charge in [-0.1, -0.05) is 0 Å². The molecule has 0 aromatic carbocycles. The van der Waals surface area contributed by atoms with Gasteiger partial charge in [0.25, 0.3) is 0 Å². The van der Waals surface area contributed by atoms with E-state index in [-0.39, 0.29) is 5.91 Å². The van der Waals surface area contributed by atoms with Crippen LogP contribution in [0.25, 0.3) is 0 Å². The van der Waals surface area contributed by atoms with Crippen molar-refractivity contribution in [3.05, 3.63) is 24.3 Å². The summed E-state index contributed by atoms with van der Waals surface area (Å²) in [5.41, 5.74) is 0.748. The molecule has 0 aliphatic carbocycles. The Balaban J connectivity index is 2.24. The van der Waals surface area contributed by atoms with Gasteiger partial charge >= 0.3 is 0 Å². The summed E-state index contributed by atoms with van der Waals surface area (Å²) in [6.07, 6.45) is 5.18. The van der Waals surface area contributed by atoms with Crippen molar-refractivity contribution in [3.63, 3.8) is 0 Å². The zero-order valence-corrected chi connectivity index (χ0v) is 8.06. The summed E-state index contributed by atoms with van der Waals surface area (Å²) >= 11 is 0. The molecule has 1 heterocycles. The van der Waals surface area contributed by atoms with Crippen LogP contribution in [0.5, 0.6) is 0 Å². The van der Waals surface area contributed by atoms with E-state index in [1.807, 2.05) is 0 Å². The van der Waals surface area contributed by atoms with Crippen LogP contribution < -0.4 is 5.32 Å². The molecule has 0 atom stereocenters. The second-order valence-corrected chi connectivity index (χ2v) is 2.72. The highest BCUT2D eigenvalue weighted by Gasteiger charge is 2.00. The molecule has 0 aliphatic rings. The van der Waals surface area contributed by atoms with Crippen LogP contribution in [-0.2, 0) is 16.1 Å². The van der Waals surface area contributed by atoms with Crippen molar-refractivity contribution < 1.29 is 9.53 Å². The van der Waals surface area contributed by atoms with E-state index in [9.17, 15) is 4.79 Å². The molecule has 1 N–H and O–H groups in total. The Morgan fingerprint density at radius 2 is 2.43 bits per heavy atom. The first-order valence-corrected chi connectivity index (χ1v) is 4.33. The highest BCUT2D eigenvalue weighted by atomic mass is 16.5. The maximum absolute atomic E-state index is 11.1. The van der Waals surface area contributed by atoms with E-state index >= 15 is 0 Å². The third kappa shape index (κ3) is 3.95. The van der Waals surface area contributed by atoms with Crippen molar-refractivity contribution in [2.45, 2.75) is 13.0 Å². The monoisotopic (exact) mass is 195 g/mol. The molecule has 0 bridgehead atoms. The second-order valence-electron chi connectivity index (χ2n) is 2.72. The summed E-state index contributed by atoms with van der Waals surface area (Å²) in [5.74, 6) is -0.0440. The fraction of sp³-hybridized carbons (Fsp3) is 0.444. The van der Waals surface area contributed by atoms with Crippen LogP contribution in [0.3, 0.4) is 0 Å². The van der Waals surface area contributed by atoms with Gasteiger partial charge in [0.15, 0.2) is 0 Å². The highest BCUT2D eigenvalue weighted by molar-refractivity contribution is 5.75. The molecule has 0 aliphatic heterocycles. The fourth-order valence-corrected chi connectivity index (χ4v) is 0.894. The van der Waals surface area contributed by atoms with E-state index < -0.39 is 0 Å². The molecule has 5 nitrogen and oxygen atoms in total. The maximum Gasteiger partial charge on any atom is 0.222 e. The number of hydrogen-bond acceptors (Lipinski definition) is 4. The standard InChI is InChI=1S/C9H13N3O2/c1-14-5-2-9(13)12-7-8-6-10-3-4-11-8/h3-4,6H,2,5,7H2,1H3,(H,12,13). The van der Waals surface area contributed by atoms with Crippen LogP contribution in [-0.4, -0.2) is 29.6 Å². The predicted molar refractivity (Wildman–Crippen MR) is 50.4 cm³/mol. The summed E-state index contributed by atoms with van der Waals surface area (Å²) in [6.45, 7) is 0.850. The zero-order chi connectivity index (χ0) is 10.2. The summed E-state index contributed by atoms with van der Waals surface area (Å²) in [6, 6.07) is 0. The van der Waals surface area contributed by atoms with Crippen LogP contribution >= 0.6 is 0 Å². The number of aromatic nitrogens is 2. The molecule has 0 saturated carbocycles. The molecule has 14 heavy (non-hydrogen) atoms. The predicted octanol–water partition coefficient (Wildman–Crippen LogP) is 0.129. The van der Waals surface area contributed by atoms with Gasteiger partial charge in [0.05, 0.1) is 25.0 Å². The van der Waals surface area contributed by atoms with Crippen LogP contribution in [0, 0.1) is 0 Å². The van der Waals surface area contributed by atoms with Crippen LogP contribution in [0.1, 0.15) is 12.1 Å². The number of carbonyl (C=O) groups is 1. The minimum absolute atomic E-state index is 0.0440. The topological polar surface area (TPSA) is 64.1 Å². The van der Waals surface area contributed by atoms with Gasteiger partial charge < -0.3 is 10.1 Å². The molecule has 0 radical (unpaired) electrons. The lowest BCUT2D eigenvalue weighted by Crippen LogP contribution is -2.24. The first-order valence-electron chi connectivity index (χ1n) is 4.33. The van der Waals surface area contributed by atoms with Crippen molar-refractivity contribution in [1.29, 1.82) is 0 Å². The number of nitrogens with one attached hydrogen (secondary N) is 1. The Kier molecular flexibility index (Phi) is 4.57. The van der Waals surface area contributed by atoms with Gasteiger partial charge in [0.2, 0.25) is 5.91 Å². The number of ether oxygens (including phenoxy) is 1. The minimum atomic E-state index is -0.0440. The van der Waals surface area contributed by atoms with Gasteiger partial charge in [-0.05, 0) is 0 Å². The van der Waals surface area contributed by atoms with Crippen molar-refractivity contribution in [3.8, 4) is 0 Å². The molecule has 0 unspecified atom stereocenters. The van der Waals surface area contributed by atoms with Crippen LogP contribution in [0.2, 0.25) is 0 Å². The smallest absolute Gasteiger partial charge is 0.222 e. The number of hydrogen-bond donors (Lipinski definition) is 1. The number of carbonyl (C=O) groups excluding carboxylic acids is 1. The Morgan fingerprint density at radius 1 is 1.57 bits per heavy atom. The molecule has 0 saturated heterocycles. The van der Waals surface area contributed by atoms with Gasteiger partial charge in [-0.2, -0.15) is 0 Å².